The van der Waals surface area contributed by atoms with Crippen LogP contribution in [0.25, 0.3) is 0 Å². The second-order valence-electron chi connectivity index (χ2n) is 4.75. The predicted octanol–water partition coefficient (Wildman–Crippen LogP) is 3.12. The van der Waals surface area contributed by atoms with Crippen molar-refractivity contribution in [2.45, 2.75) is 68.7 Å². The highest BCUT2D eigenvalue weighted by molar-refractivity contribution is 7.89. The van der Waals surface area contributed by atoms with Gasteiger partial charge >= 0.3 is 0 Å². The van der Waals surface area contributed by atoms with Gasteiger partial charge in [-0.05, 0) is 27.7 Å². The summed E-state index contributed by atoms with van der Waals surface area (Å²) in [6.45, 7) is 6.99. The van der Waals surface area contributed by atoms with E-state index in [9.17, 15) is 16.8 Å². The van der Waals surface area contributed by atoms with Crippen molar-refractivity contribution in [3.63, 3.8) is 0 Å². The first kappa shape index (κ1) is 37.8. The van der Waals surface area contributed by atoms with Crippen LogP contribution in [-0.4, -0.2) is 64.1 Å². The molecule has 22 heavy (non-hydrogen) atoms. The fraction of sp³-hybridized carbons (Fsp3) is 1.00. The fourth-order valence-electron chi connectivity index (χ4n) is 0.805. The largest absolute Gasteiger partial charge is 0.215 e. The summed E-state index contributed by atoms with van der Waals surface area (Å²) in [4.78, 5) is 0. The maximum Gasteiger partial charge on any atom is 0.215 e. The van der Waals surface area contributed by atoms with Gasteiger partial charge in [-0.1, -0.05) is 29.7 Å². The summed E-state index contributed by atoms with van der Waals surface area (Å²) in [7, 11) is -1.31. The Balaban J connectivity index is -0.0000000492. The van der Waals surface area contributed by atoms with Crippen LogP contribution in [0.1, 0.15) is 57.4 Å². The molecule has 0 bridgehead atoms. The molecule has 0 spiro atoms. The monoisotopic (exact) mass is 366 g/mol. The second-order valence-corrected chi connectivity index (χ2v) is 9.49. The van der Waals surface area contributed by atoms with Gasteiger partial charge in [0, 0.05) is 27.2 Å². The van der Waals surface area contributed by atoms with Crippen molar-refractivity contribution >= 4 is 20.0 Å². The molecule has 0 aliphatic heterocycles. The fourth-order valence-corrected chi connectivity index (χ4v) is 2.41. The minimum Gasteiger partial charge on any atom is -0.213 e. The van der Waals surface area contributed by atoms with Crippen molar-refractivity contribution in [1.82, 2.24) is 8.61 Å². The van der Waals surface area contributed by atoms with Crippen molar-refractivity contribution in [1.29, 1.82) is 0 Å². The molecule has 0 radical (unpaired) electrons. The highest BCUT2D eigenvalue weighted by Crippen LogP contribution is 2.01. The summed E-state index contributed by atoms with van der Waals surface area (Å²) < 4.78 is 45.9. The zero-order chi connectivity index (χ0) is 15.3. The minimum absolute atomic E-state index is 0. The van der Waals surface area contributed by atoms with E-state index in [1.807, 2.05) is 13.8 Å². The summed E-state index contributed by atoms with van der Waals surface area (Å²) in [5.74, 6) is 0. The molecule has 8 heteroatoms. The molecular formula is C14H42N2O4S2. The maximum atomic E-state index is 11.0. The molecule has 0 aliphatic carbocycles. The molecule has 0 saturated carbocycles. The van der Waals surface area contributed by atoms with E-state index >= 15 is 0 Å². The van der Waals surface area contributed by atoms with Crippen molar-refractivity contribution < 1.29 is 16.8 Å². The Morgan fingerprint density at radius 2 is 1.00 bits per heavy atom. The van der Waals surface area contributed by atoms with Gasteiger partial charge in [0.1, 0.15) is 0 Å². The Labute approximate surface area is 142 Å². The molecule has 0 unspecified atom stereocenters. The second kappa shape index (κ2) is 14.4. The third kappa shape index (κ3) is 14.7. The molecule has 0 aromatic heterocycles. The molecule has 144 valence electrons. The quantitative estimate of drug-likeness (QED) is 0.766. The van der Waals surface area contributed by atoms with Crippen LogP contribution in [0.4, 0.5) is 0 Å². The summed E-state index contributed by atoms with van der Waals surface area (Å²) in [6, 6.07) is 0.0556. The molecule has 0 N–H and O–H groups in total. The average Bonchev–Trinajstić information content (AvgIpc) is 2.15. The number of hydrogen-bond donors (Lipinski definition) is 0. The lowest BCUT2D eigenvalue weighted by molar-refractivity contribution is 0.414. The van der Waals surface area contributed by atoms with E-state index in [1.54, 1.807) is 20.9 Å². The summed E-state index contributed by atoms with van der Waals surface area (Å²) >= 11 is 0. The topological polar surface area (TPSA) is 74.8 Å². The van der Waals surface area contributed by atoms with Gasteiger partial charge in [0.2, 0.25) is 20.0 Å². The van der Waals surface area contributed by atoms with Crippen LogP contribution >= 0.6 is 0 Å². The highest BCUT2D eigenvalue weighted by Gasteiger charge is 2.17. The van der Waals surface area contributed by atoms with E-state index in [0.29, 0.717) is 0 Å². The standard InChI is InChI=1S/2C5H13NO2S.4CH4/c1-5(2)6(3)9(4,7)8;1-5(2)9(7,8)6(3)4;;;;/h2*5H,1-4H3;4*1H4. The molecule has 0 aromatic carbocycles. The van der Waals surface area contributed by atoms with E-state index in [4.69, 9.17) is 0 Å². The van der Waals surface area contributed by atoms with Gasteiger partial charge in [-0.25, -0.2) is 25.4 Å². The molecule has 0 saturated heterocycles. The smallest absolute Gasteiger partial charge is 0.213 e. The molecule has 6 nitrogen and oxygen atoms in total. The summed E-state index contributed by atoms with van der Waals surface area (Å²) in [5.41, 5.74) is 0. The number of nitrogens with zero attached hydrogens (tertiary/aromatic N) is 2. The van der Waals surface area contributed by atoms with Crippen LogP contribution in [0.5, 0.6) is 0 Å². The van der Waals surface area contributed by atoms with E-state index in [-0.39, 0.29) is 41.0 Å². The first-order valence-corrected chi connectivity index (χ1v) is 8.94. The first-order valence-electron chi connectivity index (χ1n) is 5.59. The SMILES string of the molecule is C.C.C.C.CC(C)N(C)S(C)(=O)=O.CC(C)S(=O)(=O)N(C)C. The van der Waals surface area contributed by atoms with Gasteiger partial charge < -0.3 is 0 Å². The van der Waals surface area contributed by atoms with Crippen molar-refractivity contribution in [3.05, 3.63) is 0 Å². The number of hydrogen-bond acceptors (Lipinski definition) is 4. The zero-order valence-corrected chi connectivity index (χ0v) is 14.1. The zero-order valence-electron chi connectivity index (χ0n) is 12.5. The molecule has 0 atom stereocenters. The molecule has 0 aromatic rings. The normalized spacial score (nSPS) is 10.7. The Kier molecular flexibility index (Phi) is 24.8. The number of rotatable bonds is 4. The van der Waals surface area contributed by atoms with Crippen LogP contribution in [0, 0.1) is 0 Å². The maximum absolute atomic E-state index is 11.0. The summed E-state index contributed by atoms with van der Waals surface area (Å²) in [5, 5.41) is -0.313. The molecule has 0 aliphatic rings. The average molecular weight is 367 g/mol. The Bertz CT molecular complexity index is 414. The lowest BCUT2D eigenvalue weighted by Crippen LogP contribution is -2.31. The Morgan fingerprint density at radius 3 is 1.00 bits per heavy atom. The van der Waals surface area contributed by atoms with Gasteiger partial charge in [-0.3, -0.25) is 0 Å². The summed E-state index contributed by atoms with van der Waals surface area (Å²) in [6.07, 6.45) is 1.20. The Morgan fingerprint density at radius 1 is 0.727 bits per heavy atom. The number of sulfonamides is 2. The predicted molar refractivity (Wildman–Crippen MR) is 102 cm³/mol. The van der Waals surface area contributed by atoms with Gasteiger partial charge in [-0.15, -0.1) is 0 Å². The van der Waals surface area contributed by atoms with E-state index in [1.165, 1.54) is 29.0 Å². The Hall–Kier alpha value is -0.180. The van der Waals surface area contributed by atoms with E-state index in [2.05, 4.69) is 0 Å². The third-order valence-corrected chi connectivity index (χ3v) is 6.03. The highest BCUT2D eigenvalue weighted by atomic mass is 32.2. The molecular weight excluding hydrogens is 324 g/mol. The van der Waals surface area contributed by atoms with E-state index < -0.39 is 20.0 Å². The molecule has 0 amide bonds. The molecule has 0 fully saturated rings. The third-order valence-electron chi connectivity index (χ3n) is 2.36. The van der Waals surface area contributed by atoms with Crippen LogP contribution in [0.15, 0.2) is 0 Å². The lowest BCUT2D eigenvalue weighted by Gasteiger charge is -2.17. The van der Waals surface area contributed by atoms with Gasteiger partial charge in [0.15, 0.2) is 0 Å². The first-order chi connectivity index (χ1) is 7.74. The van der Waals surface area contributed by atoms with Crippen LogP contribution < -0.4 is 0 Å². The van der Waals surface area contributed by atoms with E-state index in [0.717, 1.165) is 0 Å². The molecule has 0 heterocycles. The lowest BCUT2D eigenvalue weighted by atomic mass is 10.4. The van der Waals surface area contributed by atoms with Gasteiger partial charge in [-0.2, -0.15) is 0 Å². The van der Waals surface area contributed by atoms with Crippen LogP contribution in [0.3, 0.4) is 0 Å². The van der Waals surface area contributed by atoms with Crippen molar-refractivity contribution in [2.75, 3.05) is 27.4 Å². The van der Waals surface area contributed by atoms with Gasteiger partial charge in [0.05, 0.1) is 11.5 Å². The van der Waals surface area contributed by atoms with Gasteiger partial charge in [0.25, 0.3) is 0 Å². The van der Waals surface area contributed by atoms with Crippen LogP contribution in [0.2, 0.25) is 0 Å². The molecule has 0 rings (SSSR count). The van der Waals surface area contributed by atoms with Crippen molar-refractivity contribution in [2.24, 2.45) is 0 Å². The minimum atomic E-state index is -2.98. The van der Waals surface area contributed by atoms with Crippen LogP contribution in [-0.2, 0) is 20.0 Å². The van der Waals surface area contributed by atoms with Crippen molar-refractivity contribution in [3.8, 4) is 0 Å².